The minimum atomic E-state index is 0.563. The summed E-state index contributed by atoms with van der Waals surface area (Å²) in [6.07, 6.45) is 7.62. The van der Waals surface area contributed by atoms with Crippen molar-refractivity contribution in [3.8, 4) is 0 Å². The predicted molar refractivity (Wildman–Crippen MR) is 53.5 cm³/mol. The van der Waals surface area contributed by atoms with Crippen molar-refractivity contribution in [1.29, 1.82) is 0 Å². The van der Waals surface area contributed by atoms with Crippen LogP contribution in [-0.4, -0.2) is 6.54 Å². The van der Waals surface area contributed by atoms with Gasteiger partial charge in [-0.15, -0.1) is 0 Å². The van der Waals surface area contributed by atoms with Gasteiger partial charge in [-0.25, -0.2) is 0 Å². The summed E-state index contributed by atoms with van der Waals surface area (Å²) < 4.78 is 0. The molecule has 0 spiro atoms. The van der Waals surface area contributed by atoms with Crippen LogP contribution in [0.25, 0.3) is 0 Å². The molecule has 2 N–H and O–H groups in total. The van der Waals surface area contributed by atoms with E-state index in [0.29, 0.717) is 6.54 Å². The molecule has 0 rings (SSSR count). The van der Waals surface area contributed by atoms with Gasteiger partial charge in [-0.1, -0.05) is 44.7 Å². The standard InChI is InChI=1S/C8H13N.C2H6/c1-3-5-6-8(4-2)7-9;1-2/h3-6H,2,7,9H2,1H3;1-2H3/b5-3-,8-6+;. The van der Waals surface area contributed by atoms with Crippen molar-refractivity contribution >= 4 is 0 Å². The first-order valence-corrected chi connectivity index (χ1v) is 3.99. The Labute approximate surface area is 70.3 Å². The van der Waals surface area contributed by atoms with Crippen molar-refractivity contribution in [3.63, 3.8) is 0 Å². The molecule has 0 saturated carbocycles. The van der Waals surface area contributed by atoms with E-state index >= 15 is 0 Å². The molecule has 1 heteroatoms. The molecule has 0 fully saturated rings. The minimum absolute atomic E-state index is 0.563. The van der Waals surface area contributed by atoms with Crippen LogP contribution in [0.5, 0.6) is 0 Å². The summed E-state index contributed by atoms with van der Waals surface area (Å²) in [4.78, 5) is 0. The Morgan fingerprint density at radius 2 is 2.00 bits per heavy atom. The fourth-order valence-corrected chi connectivity index (χ4v) is 0.439. The van der Waals surface area contributed by atoms with Crippen LogP contribution in [0.4, 0.5) is 0 Å². The Hall–Kier alpha value is -0.820. The quantitative estimate of drug-likeness (QED) is 0.620. The SMILES string of the molecule is C=C/C(=C\C=C/C)CN.CC. The molecule has 0 aromatic heterocycles. The van der Waals surface area contributed by atoms with Gasteiger partial charge in [0.15, 0.2) is 0 Å². The van der Waals surface area contributed by atoms with Crippen LogP contribution in [0.2, 0.25) is 0 Å². The third kappa shape index (κ3) is 9.18. The fourth-order valence-electron chi connectivity index (χ4n) is 0.439. The van der Waals surface area contributed by atoms with Gasteiger partial charge in [0.1, 0.15) is 0 Å². The zero-order valence-electron chi connectivity index (χ0n) is 7.80. The molecule has 0 aliphatic rings. The molecule has 0 amide bonds. The molecular weight excluding hydrogens is 134 g/mol. The van der Waals surface area contributed by atoms with Gasteiger partial charge in [-0.05, 0) is 12.5 Å². The highest BCUT2D eigenvalue weighted by Crippen LogP contribution is 1.91. The van der Waals surface area contributed by atoms with E-state index in [2.05, 4.69) is 6.58 Å². The number of rotatable bonds is 3. The molecule has 0 radical (unpaired) electrons. The second kappa shape index (κ2) is 11.9. The summed E-state index contributed by atoms with van der Waals surface area (Å²) >= 11 is 0. The van der Waals surface area contributed by atoms with Gasteiger partial charge in [-0.3, -0.25) is 0 Å². The molecule has 0 aromatic carbocycles. The van der Waals surface area contributed by atoms with E-state index in [1.54, 1.807) is 6.08 Å². The molecule has 1 nitrogen and oxygen atoms in total. The Balaban J connectivity index is 0. The first-order chi connectivity index (χ1) is 5.35. The first kappa shape index (κ1) is 12.8. The zero-order chi connectivity index (χ0) is 9.11. The average Bonchev–Trinajstić information content (AvgIpc) is 2.10. The molecule has 0 aliphatic heterocycles. The minimum Gasteiger partial charge on any atom is -0.326 e. The molecule has 0 bridgehead atoms. The van der Waals surface area contributed by atoms with Gasteiger partial charge in [0.25, 0.3) is 0 Å². The molecule has 0 aromatic rings. The van der Waals surface area contributed by atoms with Crippen LogP contribution in [0.15, 0.2) is 36.5 Å². The molecular formula is C10H19N. The average molecular weight is 153 g/mol. The van der Waals surface area contributed by atoms with Crippen LogP contribution >= 0.6 is 0 Å². The monoisotopic (exact) mass is 153 g/mol. The number of hydrogen-bond acceptors (Lipinski definition) is 1. The van der Waals surface area contributed by atoms with Crippen LogP contribution in [-0.2, 0) is 0 Å². The van der Waals surface area contributed by atoms with E-state index in [9.17, 15) is 0 Å². The summed E-state index contributed by atoms with van der Waals surface area (Å²) in [6, 6.07) is 0. The van der Waals surface area contributed by atoms with Gasteiger partial charge < -0.3 is 5.73 Å². The topological polar surface area (TPSA) is 26.0 Å². The maximum absolute atomic E-state index is 5.35. The smallest absolute Gasteiger partial charge is 0.0177 e. The van der Waals surface area contributed by atoms with Crippen molar-refractivity contribution in [2.24, 2.45) is 5.73 Å². The van der Waals surface area contributed by atoms with Gasteiger partial charge in [-0.2, -0.15) is 0 Å². The molecule has 0 saturated heterocycles. The molecule has 0 aliphatic carbocycles. The maximum atomic E-state index is 5.35. The van der Waals surface area contributed by atoms with E-state index in [-0.39, 0.29) is 0 Å². The van der Waals surface area contributed by atoms with Crippen molar-refractivity contribution in [3.05, 3.63) is 36.5 Å². The Morgan fingerprint density at radius 1 is 1.45 bits per heavy atom. The lowest BCUT2D eigenvalue weighted by molar-refractivity contribution is 1.19. The lowest BCUT2D eigenvalue weighted by Gasteiger charge is -1.90. The van der Waals surface area contributed by atoms with E-state index in [4.69, 9.17) is 5.73 Å². The highest BCUT2D eigenvalue weighted by Gasteiger charge is 1.79. The van der Waals surface area contributed by atoms with Crippen LogP contribution in [0, 0.1) is 0 Å². The Kier molecular flexibility index (Phi) is 13.9. The van der Waals surface area contributed by atoms with E-state index < -0.39 is 0 Å². The number of hydrogen-bond donors (Lipinski definition) is 1. The number of allylic oxidation sites excluding steroid dienone is 3. The molecule has 11 heavy (non-hydrogen) atoms. The highest BCUT2D eigenvalue weighted by atomic mass is 14.5. The van der Waals surface area contributed by atoms with Crippen LogP contribution in [0.3, 0.4) is 0 Å². The van der Waals surface area contributed by atoms with Crippen molar-refractivity contribution < 1.29 is 0 Å². The second-order valence-corrected chi connectivity index (χ2v) is 1.68. The highest BCUT2D eigenvalue weighted by molar-refractivity contribution is 5.22. The van der Waals surface area contributed by atoms with Gasteiger partial charge >= 0.3 is 0 Å². The summed E-state index contributed by atoms with van der Waals surface area (Å²) in [5.74, 6) is 0. The maximum Gasteiger partial charge on any atom is 0.0177 e. The fraction of sp³-hybridized carbons (Fsp3) is 0.400. The third-order valence-corrected chi connectivity index (χ3v) is 1.00. The summed E-state index contributed by atoms with van der Waals surface area (Å²) in [5, 5.41) is 0. The Bertz CT molecular complexity index is 132. The predicted octanol–water partition coefficient (Wildman–Crippen LogP) is 2.66. The molecule has 0 unspecified atom stereocenters. The molecule has 64 valence electrons. The van der Waals surface area contributed by atoms with Crippen LogP contribution < -0.4 is 5.73 Å². The lowest BCUT2D eigenvalue weighted by Crippen LogP contribution is -1.99. The van der Waals surface area contributed by atoms with Crippen LogP contribution in [0.1, 0.15) is 20.8 Å². The van der Waals surface area contributed by atoms with E-state index in [0.717, 1.165) is 5.57 Å². The lowest BCUT2D eigenvalue weighted by atomic mass is 10.2. The van der Waals surface area contributed by atoms with Gasteiger partial charge in [0.05, 0.1) is 0 Å². The summed E-state index contributed by atoms with van der Waals surface area (Å²) in [7, 11) is 0. The zero-order valence-corrected chi connectivity index (χ0v) is 7.80. The van der Waals surface area contributed by atoms with Gasteiger partial charge in [0.2, 0.25) is 0 Å². The van der Waals surface area contributed by atoms with Crippen molar-refractivity contribution in [2.75, 3.05) is 6.54 Å². The van der Waals surface area contributed by atoms with E-state index in [1.165, 1.54) is 0 Å². The third-order valence-electron chi connectivity index (χ3n) is 1.00. The largest absolute Gasteiger partial charge is 0.326 e. The van der Waals surface area contributed by atoms with Crippen molar-refractivity contribution in [1.82, 2.24) is 0 Å². The van der Waals surface area contributed by atoms with Crippen molar-refractivity contribution in [2.45, 2.75) is 20.8 Å². The first-order valence-electron chi connectivity index (χ1n) is 3.99. The second-order valence-electron chi connectivity index (χ2n) is 1.68. The normalized spacial score (nSPS) is 10.7. The van der Waals surface area contributed by atoms with Gasteiger partial charge in [0, 0.05) is 6.54 Å². The molecule has 0 heterocycles. The number of nitrogens with two attached hydrogens (primary N) is 1. The Morgan fingerprint density at radius 3 is 2.27 bits per heavy atom. The summed E-state index contributed by atoms with van der Waals surface area (Å²) in [5.41, 5.74) is 6.41. The summed E-state index contributed by atoms with van der Waals surface area (Å²) in [6.45, 7) is 10.1. The molecule has 0 atom stereocenters. The van der Waals surface area contributed by atoms with E-state index in [1.807, 2.05) is 39.0 Å².